The van der Waals surface area contributed by atoms with E-state index < -0.39 is 0 Å². The minimum atomic E-state index is 0.528. The highest BCUT2D eigenvalue weighted by molar-refractivity contribution is 4.93. The third-order valence-corrected chi connectivity index (χ3v) is 5.35. The van der Waals surface area contributed by atoms with Crippen molar-refractivity contribution in [1.82, 2.24) is 4.90 Å². The average molecular weight is 267 g/mol. The molecule has 2 fully saturated rings. The fourth-order valence-corrected chi connectivity index (χ4v) is 4.05. The van der Waals surface area contributed by atoms with Crippen molar-refractivity contribution >= 4 is 0 Å². The van der Waals surface area contributed by atoms with Crippen LogP contribution in [0.15, 0.2) is 0 Å². The molecule has 2 rings (SSSR count). The Morgan fingerprint density at radius 1 is 1.05 bits per heavy atom. The molecule has 0 saturated heterocycles. The van der Waals surface area contributed by atoms with Crippen LogP contribution < -0.4 is 0 Å². The van der Waals surface area contributed by atoms with Crippen LogP contribution in [0.5, 0.6) is 0 Å². The zero-order valence-corrected chi connectivity index (χ0v) is 13.4. The summed E-state index contributed by atoms with van der Waals surface area (Å²) in [5, 5.41) is 0. The molecule has 2 atom stereocenters. The Bertz CT molecular complexity index is 256. The van der Waals surface area contributed by atoms with Crippen molar-refractivity contribution in [2.75, 3.05) is 13.7 Å². The van der Waals surface area contributed by atoms with Gasteiger partial charge in [-0.1, -0.05) is 27.2 Å². The van der Waals surface area contributed by atoms with Gasteiger partial charge in [-0.3, -0.25) is 4.90 Å². The molecule has 2 saturated carbocycles. The molecule has 2 nitrogen and oxygen atoms in total. The second-order valence-electron chi connectivity index (χ2n) is 7.07. The minimum Gasteiger partial charge on any atom is -0.381 e. The quantitative estimate of drug-likeness (QED) is 0.718. The van der Waals surface area contributed by atoms with E-state index in [0.717, 1.165) is 23.9 Å². The number of nitrogens with zero attached hydrogens (tertiary/aromatic N) is 1. The van der Waals surface area contributed by atoms with E-state index in [1.54, 1.807) is 0 Å². The summed E-state index contributed by atoms with van der Waals surface area (Å²) in [5.41, 5.74) is 0. The van der Waals surface area contributed by atoms with E-state index in [2.05, 4.69) is 25.7 Å². The molecule has 0 N–H and O–H groups in total. The molecule has 0 aromatic carbocycles. The van der Waals surface area contributed by atoms with Gasteiger partial charge in [-0.25, -0.2) is 0 Å². The van der Waals surface area contributed by atoms with Crippen LogP contribution >= 0.6 is 0 Å². The Balaban J connectivity index is 1.94. The summed E-state index contributed by atoms with van der Waals surface area (Å²) in [4.78, 5) is 2.88. The Morgan fingerprint density at radius 3 is 2.16 bits per heavy atom. The summed E-state index contributed by atoms with van der Waals surface area (Å²) in [6, 6.07) is 1.71. The van der Waals surface area contributed by atoms with Crippen LogP contribution in [0, 0.1) is 11.8 Å². The summed E-state index contributed by atoms with van der Waals surface area (Å²) in [7, 11) is 1.87. The maximum atomic E-state index is 5.52. The summed E-state index contributed by atoms with van der Waals surface area (Å²) in [6.45, 7) is 8.40. The maximum absolute atomic E-state index is 5.52. The largest absolute Gasteiger partial charge is 0.381 e. The summed E-state index contributed by atoms with van der Waals surface area (Å²) >= 11 is 0. The molecule has 0 bridgehead atoms. The molecule has 0 unspecified atom stereocenters. The number of methoxy groups -OCH3 is 1. The zero-order chi connectivity index (χ0) is 13.8. The van der Waals surface area contributed by atoms with E-state index in [9.17, 15) is 0 Å². The van der Waals surface area contributed by atoms with Crippen molar-refractivity contribution in [3.05, 3.63) is 0 Å². The minimum absolute atomic E-state index is 0.528. The molecule has 19 heavy (non-hydrogen) atoms. The molecule has 0 aliphatic heterocycles. The highest BCUT2D eigenvalue weighted by Crippen LogP contribution is 2.38. The fourth-order valence-electron chi connectivity index (χ4n) is 4.05. The van der Waals surface area contributed by atoms with Gasteiger partial charge in [0.2, 0.25) is 0 Å². The highest BCUT2D eigenvalue weighted by Gasteiger charge is 2.38. The van der Waals surface area contributed by atoms with Crippen LogP contribution in [-0.4, -0.2) is 36.7 Å². The van der Waals surface area contributed by atoms with Gasteiger partial charge in [0.05, 0.1) is 6.10 Å². The molecule has 112 valence electrons. The standard InChI is InChI=1S/C17H33NO/c1-5-14-6-11-17(14)18(12-13(2)3)15-7-9-16(19-4)10-8-15/h13-17H,5-12H2,1-4H3/t14-,15?,16?,17-/m1/s1. The molecule has 0 heterocycles. The van der Waals surface area contributed by atoms with Crippen LogP contribution in [0.3, 0.4) is 0 Å². The molecule has 2 aliphatic rings. The molecule has 0 amide bonds. The van der Waals surface area contributed by atoms with Crippen molar-refractivity contribution in [3.8, 4) is 0 Å². The van der Waals surface area contributed by atoms with Crippen LogP contribution in [0.4, 0.5) is 0 Å². The van der Waals surface area contributed by atoms with E-state index >= 15 is 0 Å². The van der Waals surface area contributed by atoms with E-state index in [0.29, 0.717) is 6.10 Å². The molecule has 0 aromatic rings. The summed E-state index contributed by atoms with van der Waals surface area (Å²) in [6.07, 6.45) is 10.0. The lowest BCUT2D eigenvalue weighted by Crippen LogP contribution is -2.54. The predicted octanol–water partition coefficient (Wildman–Crippen LogP) is 4.09. The first kappa shape index (κ1) is 15.3. The van der Waals surface area contributed by atoms with Crippen LogP contribution in [0.1, 0.15) is 65.7 Å². The molecule has 0 spiro atoms. The Hall–Kier alpha value is -0.0800. The highest BCUT2D eigenvalue weighted by atomic mass is 16.5. The van der Waals surface area contributed by atoms with Gasteiger partial charge in [-0.05, 0) is 50.4 Å². The van der Waals surface area contributed by atoms with Crippen molar-refractivity contribution in [3.63, 3.8) is 0 Å². The van der Waals surface area contributed by atoms with E-state index in [-0.39, 0.29) is 0 Å². The van der Waals surface area contributed by atoms with Gasteiger partial charge >= 0.3 is 0 Å². The molecular formula is C17H33NO. The summed E-state index contributed by atoms with van der Waals surface area (Å²) < 4.78 is 5.52. The normalized spacial score (nSPS) is 35.7. The molecule has 0 aromatic heterocycles. The first-order valence-corrected chi connectivity index (χ1v) is 8.44. The predicted molar refractivity (Wildman–Crippen MR) is 81.4 cm³/mol. The van der Waals surface area contributed by atoms with Gasteiger partial charge in [0.25, 0.3) is 0 Å². The van der Waals surface area contributed by atoms with Crippen molar-refractivity contribution in [2.45, 2.75) is 83.9 Å². The van der Waals surface area contributed by atoms with Crippen LogP contribution in [-0.2, 0) is 4.74 Å². The fraction of sp³-hybridized carbons (Fsp3) is 1.00. The Kier molecular flexibility index (Phi) is 5.70. The maximum Gasteiger partial charge on any atom is 0.0572 e. The summed E-state index contributed by atoms with van der Waals surface area (Å²) in [5.74, 6) is 1.76. The number of hydrogen-bond donors (Lipinski definition) is 0. The van der Waals surface area contributed by atoms with Gasteiger partial charge in [-0.2, -0.15) is 0 Å². The lowest BCUT2D eigenvalue weighted by Gasteiger charge is -2.50. The average Bonchev–Trinajstić information content (AvgIpc) is 2.37. The van der Waals surface area contributed by atoms with Crippen LogP contribution in [0.25, 0.3) is 0 Å². The van der Waals surface area contributed by atoms with Crippen LogP contribution in [0.2, 0.25) is 0 Å². The third-order valence-electron chi connectivity index (χ3n) is 5.35. The van der Waals surface area contributed by atoms with Crippen molar-refractivity contribution in [1.29, 1.82) is 0 Å². The lowest BCUT2D eigenvalue weighted by molar-refractivity contribution is -0.0194. The second-order valence-corrected chi connectivity index (χ2v) is 7.07. The van der Waals surface area contributed by atoms with Crippen molar-refractivity contribution < 1.29 is 4.74 Å². The number of hydrogen-bond acceptors (Lipinski definition) is 2. The van der Waals surface area contributed by atoms with E-state index in [1.165, 1.54) is 51.5 Å². The molecule has 2 aliphatic carbocycles. The zero-order valence-electron chi connectivity index (χ0n) is 13.4. The second kappa shape index (κ2) is 7.08. The SMILES string of the molecule is CC[C@@H]1CC[C@H]1N(CC(C)C)C1CCC(OC)CC1. The first-order valence-electron chi connectivity index (χ1n) is 8.44. The number of ether oxygens (including phenoxy) is 1. The number of rotatable bonds is 6. The van der Waals surface area contributed by atoms with Crippen molar-refractivity contribution in [2.24, 2.45) is 11.8 Å². The molecule has 2 heteroatoms. The van der Waals surface area contributed by atoms with Gasteiger partial charge < -0.3 is 4.74 Å². The first-order chi connectivity index (χ1) is 9.15. The smallest absolute Gasteiger partial charge is 0.0572 e. The van der Waals surface area contributed by atoms with Gasteiger partial charge in [0.15, 0.2) is 0 Å². The van der Waals surface area contributed by atoms with Gasteiger partial charge in [0.1, 0.15) is 0 Å². The van der Waals surface area contributed by atoms with E-state index in [1.807, 2.05) is 7.11 Å². The monoisotopic (exact) mass is 267 g/mol. The van der Waals surface area contributed by atoms with E-state index in [4.69, 9.17) is 4.74 Å². The van der Waals surface area contributed by atoms with Gasteiger partial charge in [0, 0.05) is 25.7 Å². The molecule has 0 radical (unpaired) electrons. The van der Waals surface area contributed by atoms with Gasteiger partial charge in [-0.15, -0.1) is 0 Å². The lowest BCUT2D eigenvalue weighted by atomic mass is 9.75. The Morgan fingerprint density at radius 2 is 1.74 bits per heavy atom. The third kappa shape index (κ3) is 3.72. The molecular weight excluding hydrogens is 234 g/mol. The Labute approximate surface area is 119 Å². The topological polar surface area (TPSA) is 12.5 Å².